The Morgan fingerprint density at radius 3 is 2.50 bits per heavy atom. The summed E-state index contributed by atoms with van der Waals surface area (Å²) in [6.45, 7) is -0.188. The first-order valence-electron chi connectivity index (χ1n) is 7.02. The molecule has 5 aliphatic rings. The van der Waals surface area contributed by atoms with Crippen LogP contribution >= 0.6 is 0 Å². The lowest BCUT2D eigenvalue weighted by Gasteiger charge is -2.46. The Labute approximate surface area is 106 Å². The third-order valence-corrected chi connectivity index (χ3v) is 6.11. The van der Waals surface area contributed by atoms with Crippen molar-refractivity contribution < 1.29 is 19.1 Å². The first-order valence-corrected chi connectivity index (χ1v) is 7.02. The molecule has 0 aromatic carbocycles. The maximum absolute atomic E-state index is 12.4. The Morgan fingerprint density at radius 1 is 1.00 bits per heavy atom. The Balaban J connectivity index is 1.74. The number of hydrogen-bond acceptors (Lipinski definition) is 4. The molecule has 0 radical (unpaired) electrons. The lowest BCUT2D eigenvalue weighted by atomic mass is 9.57. The van der Waals surface area contributed by atoms with Crippen LogP contribution in [-0.2, 0) is 19.1 Å². The lowest BCUT2D eigenvalue weighted by molar-refractivity contribution is -0.174. The minimum Gasteiger partial charge on any atom is -0.428 e. The molecule has 0 aromatic rings. The van der Waals surface area contributed by atoms with Gasteiger partial charge in [0.1, 0.15) is 0 Å². The topological polar surface area (TPSA) is 52.6 Å². The van der Waals surface area contributed by atoms with Gasteiger partial charge < -0.3 is 9.47 Å². The molecular weight excluding hydrogens is 232 g/mol. The zero-order valence-corrected chi connectivity index (χ0v) is 10.4. The molecule has 98 valence electrons. The standard InChI is InChI=1S/C14H18O4/c15-11-5-6-13-7-14(13,12(16)18-8-17-11)10-3-1-9(13)2-4-10/h9-10H,1-8H2/t9?,10?,13-,14+/m0/s1. The molecule has 5 rings (SSSR count). The summed E-state index contributed by atoms with van der Waals surface area (Å²) in [4.78, 5) is 23.9. The summed E-state index contributed by atoms with van der Waals surface area (Å²) in [5.74, 6) is 0.803. The summed E-state index contributed by atoms with van der Waals surface area (Å²) in [5.41, 5.74) is -0.170. The molecule has 1 heterocycles. The van der Waals surface area contributed by atoms with E-state index >= 15 is 0 Å². The largest absolute Gasteiger partial charge is 0.428 e. The van der Waals surface area contributed by atoms with E-state index in [1.54, 1.807) is 0 Å². The van der Waals surface area contributed by atoms with Crippen LogP contribution in [0, 0.1) is 22.7 Å². The van der Waals surface area contributed by atoms with Crippen LogP contribution in [0.1, 0.15) is 44.9 Å². The summed E-state index contributed by atoms with van der Waals surface area (Å²) in [7, 11) is 0. The third-order valence-electron chi connectivity index (χ3n) is 6.11. The highest BCUT2D eigenvalue weighted by atomic mass is 16.7. The van der Waals surface area contributed by atoms with Crippen molar-refractivity contribution in [2.24, 2.45) is 22.7 Å². The molecule has 1 saturated heterocycles. The van der Waals surface area contributed by atoms with Gasteiger partial charge in [0, 0.05) is 6.42 Å². The molecule has 2 bridgehead atoms. The van der Waals surface area contributed by atoms with Crippen molar-refractivity contribution >= 4 is 11.9 Å². The van der Waals surface area contributed by atoms with Crippen molar-refractivity contribution in [3.8, 4) is 0 Å². The Bertz CT molecular complexity index is 424. The van der Waals surface area contributed by atoms with Crippen LogP contribution in [0.2, 0.25) is 0 Å². The van der Waals surface area contributed by atoms with Gasteiger partial charge in [0.2, 0.25) is 6.79 Å². The minimum atomic E-state index is -0.248. The van der Waals surface area contributed by atoms with Gasteiger partial charge in [-0.25, -0.2) is 0 Å². The molecule has 0 amide bonds. The van der Waals surface area contributed by atoms with Gasteiger partial charge in [-0.05, 0) is 55.8 Å². The fourth-order valence-corrected chi connectivity index (χ4v) is 5.28. The summed E-state index contributed by atoms with van der Waals surface area (Å²) in [5, 5.41) is 0. The second-order valence-corrected chi connectivity index (χ2v) is 6.42. The van der Waals surface area contributed by atoms with Crippen molar-refractivity contribution in [1.82, 2.24) is 0 Å². The number of fused-ring (bicyclic) bond motifs is 2. The molecule has 2 atom stereocenters. The SMILES string of the molecule is O=C1CC[C@@]23C[C@]2(C(=O)OCO1)C1CCC3CC1. The summed E-state index contributed by atoms with van der Waals surface area (Å²) in [6.07, 6.45) is 7.02. The molecule has 4 aliphatic carbocycles. The van der Waals surface area contributed by atoms with Gasteiger partial charge in [-0.2, -0.15) is 0 Å². The number of esters is 2. The Kier molecular flexibility index (Phi) is 1.97. The van der Waals surface area contributed by atoms with Crippen LogP contribution in [0.15, 0.2) is 0 Å². The van der Waals surface area contributed by atoms with Gasteiger partial charge in [-0.15, -0.1) is 0 Å². The van der Waals surface area contributed by atoms with Crippen molar-refractivity contribution in [3.63, 3.8) is 0 Å². The molecule has 1 aliphatic heterocycles. The van der Waals surface area contributed by atoms with Crippen LogP contribution < -0.4 is 0 Å². The molecule has 5 fully saturated rings. The van der Waals surface area contributed by atoms with Gasteiger partial charge in [0.15, 0.2) is 0 Å². The zero-order valence-electron chi connectivity index (χ0n) is 10.4. The Morgan fingerprint density at radius 2 is 1.72 bits per heavy atom. The van der Waals surface area contributed by atoms with E-state index in [9.17, 15) is 9.59 Å². The zero-order chi connectivity index (χ0) is 12.4. The fourth-order valence-electron chi connectivity index (χ4n) is 5.28. The average molecular weight is 250 g/mol. The van der Waals surface area contributed by atoms with Gasteiger partial charge in [-0.1, -0.05) is 0 Å². The summed E-state index contributed by atoms with van der Waals surface area (Å²) >= 11 is 0. The number of cyclic esters (lactones) is 2. The van der Waals surface area contributed by atoms with Crippen LogP contribution in [0.3, 0.4) is 0 Å². The van der Waals surface area contributed by atoms with E-state index in [0.29, 0.717) is 18.3 Å². The molecule has 0 spiro atoms. The first kappa shape index (κ1) is 10.8. The van der Waals surface area contributed by atoms with E-state index in [2.05, 4.69) is 0 Å². The van der Waals surface area contributed by atoms with E-state index in [4.69, 9.17) is 9.47 Å². The second-order valence-electron chi connectivity index (χ2n) is 6.42. The third kappa shape index (κ3) is 1.08. The first-order chi connectivity index (χ1) is 8.69. The van der Waals surface area contributed by atoms with Crippen molar-refractivity contribution in [1.29, 1.82) is 0 Å². The van der Waals surface area contributed by atoms with E-state index < -0.39 is 0 Å². The summed E-state index contributed by atoms with van der Waals surface area (Å²) < 4.78 is 10.1. The van der Waals surface area contributed by atoms with E-state index in [-0.39, 0.29) is 29.6 Å². The smallest absolute Gasteiger partial charge is 0.315 e. The number of hydrogen-bond donors (Lipinski definition) is 0. The van der Waals surface area contributed by atoms with Crippen molar-refractivity contribution in [2.75, 3.05) is 6.79 Å². The highest BCUT2D eigenvalue weighted by Crippen LogP contribution is 2.81. The second kappa shape index (κ2) is 3.28. The number of rotatable bonds is 0. The highest BCUT2D eigenvalue weighted by molar-refractivity contribution is 5.84. The van der Waals surface area contributed by atoms with Crippen LogP contribution in [0.25, 0.3) is 0 Å². The molecule has 18 heavy (non-hydrogen) atoms. The molecule has 0 unspecified atom stereocenters. The quantitative estimate of drug-likeness (QED) is 0.617. The van der Waals surface area contributed by atoms with Crippen LogP contribution in [0.4, 0.5) is 0 Å². The molecule has 4 saturated carbocycles. The monoisotopic (exact) mass is 250 g/mol. The lowest BCUT2D eigenvalue weighted by Crippen LogP contribution is -2.44. The molecule has 4 heteroatoms. The van der Waals surface area contributed by atoms with E-state index in [1.807, 2.05) is 0 Å². The summed E-state index contributed by atoms with van der Waals surface area (Å²) in [6, 6.07) is 0. The maximum atomic E-state index is 12.4. The molecule has 4 nitrogen and oxygen atoms in total. The molecule has 0 N–H and O–H groups in total. The predicted molar refractivity (Wildman–Crippen MR) is 61.2 cm³/mol. The molecule has 0 aromatic heterocycles. The highest BCUT2D eigenvalue weighted by Gasteiger charge is 2.80. The van der Waals surface area contributed by atoms with Gasteiger partial charge in [0.05, 0.1) is 5.41 Å². The van der Waals surface area contributed by atoms with E-state index in [1.165, 1.54) is 12.8 Å². The van der Waals surface area contributed by atoms with Crippen LogP contribution in [0.5, 0.6) is 0 Å². The maximum Gasteiger partial charge on any atom is 0.315 e. The van der Waals surface area contributed by atoms with Crippen molar-refractivity contribution in [3.05, 3.63) is 0 Å². The van der Waals surface area contributed by atoms with Crippen LogP contribution in [-0.4, -0.2) is 18.7 Å². The Hall–Kier alpha value is -1.06. The normalized spacial score (nSPS) is 50.0. The van der Waals surface area contributed by atoms with Gasteiger partial charge in [-0.3, -0.25) is 9.59 Å². The molecular formula is C14H18O4. The number of carbonyl (C=O) groups excluding carboxylic acids is 2. The predicted octanol–water partition coefficient (Wildman–Crippen LogP) is 2.02. The number of ether oxygens (including phenoxy) is 2. The van der Waals surface area contributed by atoms with Gasteiger partial charge in [0.25, 0.3) is 0 Å². The van der Waals surface area contributed by atoms with Gasteiger partial charge >= 0.3 is 11.9 Å². The average Bonchev–Trinajstić information content (AvgIpc) is 3.11. The number of carbonyl (C=O) groups is 2. The van der Waals surface area contributed by atoms with Crippen molar-refractivity contribution in [2.45, 2.75) is 44.9 Å². The van der Waals surface area contributed by atoms with E-state index in [0.717, 1.165) is 25.7 Å². The minimum absolute atomic E-state index is 0.0780. The fraction of sp³-hybridized carbons (Fsp3) is 0.857.